The maximum Gasteiger partial charge on any atom is 0.230 e. The van der Waals surface area contributed by atoms with Crippen LogP contribution in [0.4, 0.5) is 0 Å². The SMILES string of the molecule is CCC(C#N)S(=O)(=O)N1CCC(CNC(C)=O)CC1. The third kappa shape index (κ3) is 4.18. The summed E-state index contributed by atoms with van der Waals surface area (Å²) >= 11 is 0. The maximum atomic E-state index is 12.2. The molecule has 1 aliphatic heterocycles. The van der Waals surface area contributed by atoms with Crippen molar-refractivity contribution in [3.63, 3.8) is 0 Å². The molecule has 0 spiro atoms. The highest BCUT2D eigenvalue weighted by Gasteiger charge is 2.33. The number of carbonyl (C=O) groups is 1. The predicted molar refractivity (Wildman–Crippen MR) is 71.6 cm³/mol. The van der Waals surface area contributed by atoms with Gasteiger partial charge in [0.2, 0.25) is 15.9 Å². The summed E-state index contributed by atoms with van der Waals surface area (Å²) in [6.45, 7) is 4.64. The first-order valence-corrected chi connectivity index (χ1v) is 8.05. The Bertz CT molecular complexity index is 447. The van der Waals surface area contributed by atoms with Crippen LogP contribution >= 0.6 is 0 Å². The molecule has 19 heavy (non-hydrogen) atoms. The van der Waals surface area contributed by atoms with Gasteiger partial charge in [-0.15, -0.1) is 0 Å². The molecule has 0 aliphatic carbocycles. The minimum Gasteiger partial charge on any atom is -0.356 e. The molecule has 1 atom stereocenters. The summed E-state index contributed by atoms with van der Waals surface area (Å²) in [5.74, 6) is 0.253. The number of piperidine rings is 1. The maximum absolute atomic E-state index is 12.2. The summed E-state index contributed by atoms with van der Waals surface area (Å²) in [5, 5.41) is 10.7. The molecule has 0 saturated carbocycles. The van der Waals surface area contributed by atoms with E-state index in [1.807, 2.05) is 6.07 Å². The highest BCUT2D eigenvalue weighted by Crippen LogP contribution is 2.22. The molecule has 1 rings (SSSR count). The summed E-state index contributed by atoms with van der Waals surface area (Å²) in [4.78, 5) is 10.8. The van der Waals surface area contributed by atoms with Crippen molar-refractivity contribution in [2.75, 3.05) is 19.6 Å². The molecule has 0 aromatic carbocycles. The van der Waals surface area contributed by atoms with E-state index in [4.69, 9.17) is 5.26 Å². The lowest BCUT2D eigenvalue weighted by Gasteiger charge is -2.32. The second-order valence-corrected chi connectivity index (χ2v) is 6.97. The molecule has 1 amide bonds. The molecule has 6 nitrogen and oxygen atoms in total. The van der Waals surface area contributed by atoms with Crippen molar-refractivity contribution in [2.24, 2.45) is 5.92 Å². The topological polar surface area (TPSA) is 90.3 Å². The van der Waals surface area contributed by atoms with Gasteiger partial charge in [0, 0.05) is 26.6 Å². The molecule has 1 unspecified atom stereocenters. The lowest BCUT2D eigenvalue weighted by Crippen LogP contribution is -2.44. The van der Waals surface area contributed by atoms with Gasteiger partial charge < -0.3 is 5.32 Å². The van der Waals surface area contributed by atoms with Gasteiger partial charge in [-0.25, -0.2) is 12.7 Å². The average Bonchev–Trinajstić information content (AvgIpc) is 2.38. The van der Waals surface area contributed by atoms with E-state index in [9.17, 15) is 13.2 Å². The molecule has 0 aromatic rings. The van der Waals surface area contributed by atoms with Crippen LogP contribution in [0.3, 0.4) is 0 Å². The third-order valence-electron chi connectivity index (χ3n) is 3.45. The van der Waals surface area contributed by atoms with Crippen LogP contribution in [0.25, 0.3) is 0 Å². The molecule has 1 N–H and O–H groups in total. The Balaban J connectivity index is 2.54. The largest absolute Gasteiger partial charge is 0.356 e. The fourth-order valence-electron chi connectivity index (χ4n) is 2.20. The number of rotatable bonds is 5. The second-order valence-electron chi connectivity index (χ2n) is 4.85. The Kier molecular flexibility index (Phi) is 5.76. The summed E-state index contributed by atoms with van der Waals surface area (Å²) in [7, 11) is -3.49. The molecule has 1 heterocycles. The zero-order chi connectivity index (χ0) is 14.5. The lowest BCUT2D eigenvalue weighted by molar-refractivity contribution is -0.119. The molecule has 7 heteroatoms. The number of hydrogen-bond acceptors (Lipinski definition) is 4. The van der Waals surface area contributed by atoms with E-state index in [0.29, 0.717) is 32.0 Å². The number of nitriles is 1. The first-order valence-electron chi connectivity index (χ1n) is 6.54. The fourth-order valence-corrected chi connectivity index (χ4v) is 3.84. The number of carbonyl (C=O) groups excluding carboxylic acids is 1. The van der Waals surface area contributed by atoms with Crippen LogP contribution in [-0.4, -0.2) is 43.5 Å². The molecule has 0 bridgehead atoms. The van der Waals surface area contributed by atoms with Gasteiger partial charge in [-0.2, -0.15) is 5.26 Å². The highest BCUT2D eigenvalue weighted by molar-refractivity contribution is 7.90. The van der Waals surface area contributed by atoms with Crippen LogP contribution in [0.5, 0.6) is 0 Å². The Hall–Kier alpha value is -1.13. The minimum absolute atomic E-state index is 0.0643. The zero-order valence-corrected chi connectivity index (χ0v) is 12.2. The van der Waals surface area contributed by atoms with Gasteiger partial charge in [-0.1, -0.05) is 6.92 Å². The van der Waals surface area contributed by atoms with Crippen LogP contribution in [-0.2, 0) is 14.8 Å². The van der Waals surface area contributed by atoms with E-state index in [1.54, 1.807) is 6.92 Å². The molecule has 0 aromatic heterocycles. The molecule has 1 fully saturated rings. The van der Waals surface area contributed by atoms with Crippen molar-refractivity contribution in [3.05, 3.63) is 0 Å². The van der Waals surface area contributed by atoms with Gasteiger partial charge in [-0.3, -0.25) is 4.79 Å². The van der Waals surface area contributed by atoms with Gasteiger partial charge in [0.25, 0.3) is 0 Å². The minimum atomic E-state index is -3.49. The second kappa shape index (κ2) is 6.87. The summed E-state index contributed by atoms with van der Waals surface area (Å²) in [5.41, 5.74) is 0. The predicted octanol–water partition coefficient (Wildman–Crippen LogP) is 0.466. The van der Waals surface area contributed by atoms with Gasteiger partial charge in [0.05, 0.1) is 6.07 Å². The molecule has 0 radical (unpaired) electrons. The number of sulfonamides is 1. The van der Waals surface area contributed by atoms with E-state index < -0.39 is 15.3 Å². The van der Waals surface area contributed by atoms with Crippen molar-refractivity contribution in [1.29, 1.82) is 5.26 Å². The van der Waals surface area contributed by atoms with E-state index in [0.717, 1.165) is 12.8 Å². The molecule has 108 valence electrons. The molecular weight excluding hydrogens is 266 g/mol. The Morgan fingerprint density at radius 1 is 1.47 bits per heavy atom. The quantitative estimate of drug-likeness (QED) is 0.795. The summed E-state index contributed by atoms with van der Waals surface area (Å²) < 4.78 is 25.7. The Labute approximate surface area is 114 Å². The normalized spacial score (nSPS) is 19.6. The van der Waals surface area contributed by atoms with Crippen LogP contribution in [0.2, 0.25) is 0 Å². The van der Waals surface area contributed by atoms with Crippen LogP contribution in [0, 0.1) is 17.2 Å². The van der Waals surface area contributed by atoms with Crippen molar-refractivity contribution in [3.8, 4) is 6.07 Å². The lowest BCUT2D eigenvalue weighted by atomic mass is 9.98. The molecule has 1 aliphatic rings. The average molecular weight is 287 g/mol. The monoisotopic (exact) mass is 287 g/mol. The van der Waals surface area contributed by atoms with Crippen molar-refractivity contribution < 1.29 is 13.2 Å². The van der Waals surface area contributed by atoms with Crippen molar-refractivity contribution in [1.82, 2.24) is 9.62 Å². The number of hydrogen-bond donors (Lipinski definition) is 1. The zero-order valence-electron chi connectivity index (χ0n) is 11.4. The number of nitrogens with zero attached hydrogens (tertiary/aromatic N) is 2. The highest BCUT2D eigenvalue weighted by atomic mass is 32.2. The van der Waals surface area contributed by atoms with E-state index in [-0.39, 0.29) is 5.91 Å². The smallest absolute Gasteiger partial charge is 0.230 e. The van der Waals surface area contributed by atoms with Gasteiger partial charge in [0.1, 0.15) is 0 Å². The third-order valence-corrected chi connectivity index (χ3v) is 5.69. The number of nitrogens with one attached hydrogen (secondary N) is 1. The van der Waals surface area contributed by atoms with Gasteiger partial charge in [0.15, 0.2) is 5.25 Å². The Morgan fingerprint density at radius 2 is 2.05 bits per heavy atom. The summed E-state index contributed by atoms with van der Waals surface area (Å²) in [6, 6.07) is 1.85. The van der Waals surface area contributed by atoms with E-state index >= 15 is 0 Å². The van der Waals surface area contributed by atoms with Crippen molar-refractivity contribution in [2.45, 2.75) is 38.4 Å². The van der Waals surface area contributed by atoms with Gasteiger partial charge >= 0.3 is 0 Å². The van der Waals surface area contributed by atoms with Crippen LogP contribution in [0.1, 0.15) is 33.1 Å². The molecular formula is C12H21N3O3S. The standard InChI is InChI=1S/C12H21N3O3S/c1-3-12(8-13)19(17,18)15-6-4-11(5-7-15)9-14-10(2)16/h11-12H,3-7,9H2,1-2H3,(H,14,16). The molecule has 1 saturated heterocycles. The van der Waals surface area contributed by atoms with Crippen molar-refractivity contribution >= 4 is 15.9 Å². The van der Waals surface area contributed by atoms with Gasteiger partial charge in [-0.05, 0) is 25.2 Å². The summed E-state index contributed by atoms with van der Waals surface area (Å²) in [6.07, 6.45) is 1.76. The Morgan fingerprint density at radius 3 is 2.47 bits per heavy atom. The van der Waals surface area contributed by atoms with E-state index in [2.05, 4.69) is 5.32 Å². The first kappa shape index (κ1) is 15.9. The van der Waals surface area contributed by atoms with Crippen LogP contribution < -0.4 is 5.32 Å². The van der Waals surface area contributed by atoms with Crippen LogP contribution in [0.15, 0.2) is 0 Å². The van der Waals surface area contributed by atoms with E-state index in [1.165, 1.54) is 11.2 Å². The first-order chi connectivity index (χ1) is 8.91. The fraction of sp³-hybridized carbons (Fsp3) is 0.833. The number of amides is 1.